The molecule has 1 aromatic rings. The first kappa shape index (κ1) is 8.52. The summed E-state index contributed by atoms with van der Waals surface area (Å²) in [5.74, 6) is 0. The standard InChI is InChI=1S/C8H6I2/c9-6-5-7-3-1-2-4-8(7)10/h1-6H/b6-5-. The van der Waals surface area contributed by atoms with Gasteiger partial charge in [0.15, 0.2) is 0 Å². The predicted octanol–water partition coefficient (Wildman–Crippen LogP) is 3.70. The minimum atomic E-state index is 1.29. The Hall–Kier alpha value is 0.420. The Morgan fingerprint density at radius 2 is 1.90 bits per heavy atom. The zero-order valence-electron chi connectivity index (χ0n) is 5.22. The summed E-state index contributed by atoms with van der Waals surface area (Å²) in [7, 11) is 0. The molecular weight excluding hydrogens is 350 g/mol. The summed E-state index contributed by atoms with van der Waals surface area (Å²) in [6.45, 7) is 0. The van der Waals surface area contributed by atoms with Gasteiger partial charge in [-0.25, -0.2) is 0 Å². The topological polar surface area (TPSA) is 0 Å². The van der Waals surface area contributed by atoms with Crippen molar-refractivity contribution in [2.45, 2.75) is 0 Å². The normalized spacial score (nSPS) is 10.6. The second kappa shape index (κ2) is 4.33. The molecule has 0 fully saturated rings. The molecule has 0 atom stereocenters. The van der Waals surface area contributed by atoms with E-state index in [-0.39, 0.29) is 0 Å². The maximum Gasteiger partial charge on any atom is 0.0202 e. The molecule has 0 nitrogen and oxygen atoms in total. The van der Waals surface area contributed by atoms with Crippen LogP contribution in [0.25, 0.3) is 6.08 Å². The Morgan fingerprint density at radius 3 is 2.50 bits per heavy atom. The SMILES string of the molecule is I/C=C\c1ccccc1I. The van der Waals surface area contributed by atoms with E-state index in [1.807, 2.05) is 16.2 Å². The molecule has 1 aromatic carbocycles. The average Bonchev–Trinajstić information content (AvgIpc) is 1.94. The van der Waals surface area contributed by atoms with Gasteiger partial charge >= 0.3 is 0 Å². The quantitative estimate of drug-likeness (QED) is 0.674. The minimum Gasteiger partial charge on any atom is -0.0616 e. The molecule has 0 amide bonds. The minimum absolute atomic E-state index is 1.29. The van der Waals surface area contributed by atoms with Gasteiger partial charge < -0.3 is 0 Å². The zero-order valence-corrected chi connectivity index (χ0v) is 9.54. The smallest absolute Gasteiger partial charge is 0.0202 e. The number of halogens is 2. The first-order chi connectivity index (χ1) is 4.84. The van der Waals surface area contributed by atoms with Crippen LogP contribution in [-0.2, 0) is 0 Å². The first-order valence-electron chi connectivity index (χ1n) is 2.86. The lowest BCUT2D eigenvalue weighted by atomic mass is 10.2. The van der Waals surface area contributed by atoms with Crippen LogP contribution in [0.1, 0.15) is 5.56 Å². The molecule has 10 heavy (non-hydrogen) atoms. The summed E-state index contributed by atoms with van der Waals surface area (Å²) in [4.78, 5) is 0. The van der Waals surface area contributed by atoms with Crippen molar-refractivity contribution < 1.29 is 0 Å². The highest BCUT2D eigenvalue weighted by molar-refractivity contribution is 14.1. The molecule has 0 aliphatic heterocycles. The second-order valence-corrected chi connectivity index (χ2v) is 3.70. The fraction of sp³-hybridized carbons (Fsp3) is 0. The molecule has 2 heteroatoms. The van der Waals surface area contributed by atoms with Crippen LogP contribution in [0.4, 0.5) is 0 Å². The van der Waals surface area contributed by atoms with Crippen molar-refractivity contribution in [3.05, 3.63) is 37.5 Å². The predicted molar refractivity (Wildman–Crippen MR) is 62.2 cm³/mol. The van der Waals surface area contributed by atoms with Gasteiger partial charge in [0.25, 0.3) is 0 Å². The van der Waals surface area contributed by atoms with Crippen LogP contribution < -0.4 is 0 Å². The highest BCUT2D eigenvalue weighted by Gasteiger charge is 1.89. The van der Waals surface area contributed by atoms with Crippen LogP contribution in [0.5, 0.6) is 0 Å². The Kier molecular flexibility index (Phi) is 3.69. The van der Waals surface area contributed by atoms with Gasteiger partial charge in [0.2, 0.25) is 0 Å². The number of hydrogen-bond donors (Lipinski definition) is 0. The fourth-order valence-corrected chi connectivity index (χ4v) is 1.63. The van der Waals surface area contributed by atoms with E-state index in [4.69, 9.17) is 0 Å². The maximum atomic E-state index is 2.33. The summed E-state index contributed by atoms with van der Waals surface area (Å²) < 4.78 is 3.32. The number of rotatable bonds is 1. The summed E-state index contributed by atoms with van der Waals surface area (Å²) in [6.07, 6.45) is 2.10. The van der Waals surface area contributed by atoms with Crippen molar-refractivity contribution in [2.75, 3.05) is 0 Å². The summed E-state index contributed by atoms with van der Waals surface area (Å²) >= 11 is 4.55. The molecule has 0 N–H and O–H groups in total. The molecule has 0 aromatic heterocycles. The fourth-order valence-electron chi connectivity index (χ4n) is 0.678. The Bertz CT molecular complexity index is 241. The van der Waals surface area contributed by atoms with Crippen molar-refractivity contribution in [3.63, 3.8) is 0 Å². The van der Waals surface area contributed by atoms with E-state index in [1.165, 1.54) is 9.13 Å². The van der Waals surface area contributed by atoms with E-state index >= 15 is 0 Å². The number of benzene rings is 1. The molecule has 0 aliphatic carbocycles. The Balaban J connectivity index is 3.03. The van der Waals surface area contributed by atoms with E-state index in [9.17, 15) is 0 Å². The third-order valence-electron chi connectivity index (χ3n) is 1.15. The van der Waals surface area contributed by atoms with Crippen molar-refractivity contribution in [3.8, 4) is 0 Å². The van der Waals surface area contributed by atoms with Crippen molar-refractivity contribution in [2.24, 2.45) is 0 Å². The monoisotopic (exact) mass is 356 g/mol. The van der Waals surface area contributed by atoms with Gasteiger partial charge in [-0.05, 0) is 44.4 Å². The van der Waals surface area contributed by atoms with Gasteiger partial charge in [-0.15, -0.1) is 0 Å². The lowest BCUT2D eigenvalue weighted by molar-refractivity contribution is 1.60. The Morgan fingerprint density at radius 1 is 1.20 bits per heavy atom. The molecule has 52 valence electrons. The molecule has 0 saturated carbocycles. The van der Waals surface area contributed by atoms with Gasteiger partial charge in [0.05, 0.1) is 0 Å². The molecule has 1 rings (SSSR count). The van der Waals surface area contributed by atoms with Gasteiger partial charge in [-0.3, -0.25) is 0 Å². The van der Waals surface area contributed by atoms with Crippen LogP contribution in [-0.4, -0.2) is 0 Å². The first-order valence-corrected chi connectivity index (χ1v) is 5.18. The third kappa shape index (κ3) is 2.23. The number of hydrogen-bond acceptors (Lipinski definition) is 0. The van der Waals surface area contributed by atoms with Gasteiger partial charge in [0, 0.05) is 3.57 Å². The van der Waals surface area contributed by atoms with E-state index in [0.717, 1.165) is 0 Å². The molecule has 0 saturated heterocycles. The van der Waals surface area contributed by atoms with Crippen LogP contribution in [0.3, 0.4) is 0 Å². The van der Waals surface area contributed by atoms with Crippen molar-refractivity contribution >= 4 is 51.3 Å². The van der Waals surface area contributed by atoms with Gasteiger partial charge in [-0.1, -0.05) is 40.8 Å². The van der Waals surface area contributed by atoms with Crippen LogP contribution in [0, 0.1) is 3.57 Å². The van der Waals surface area contributed by atoms with E-state index in [1.54, 1.807) is 0 Å². The Labute approximate surface area is 88.0 Å². The summed E-state index contributed by atoms with van der Waals surface area (Å²) in [6, 6.07) is 8.31. The molecule has 0 unspecified atom stereocenters. The van der Waals surface area contributed by atoms with E-state index in [2.05, 4.69) is 63.4 Å². The van der Waals surface area contributed by atoms with E-state index < -0.39 is 0 Å². The van der Waals surface area contributed by atoms with Crippen molar-refractivity contribution in [1.82, 2.24) is 0 Å². The molecule has 0 radical (unpaired) electrons. The lowest BCUT2D eigenvalue weighted by Crippen LogP contribution is -1.75. The second-order valence-electron chi connectivity index (χ2n) is 1.81. The molecule has 0 heterocycles. The summed E-state index contributed by atoms with van der Waals surface area (Å²) in [5.41, 5.74) is 1.29. The van der Waals surface area contributed by atoms with Crippen molar-refractivity contribution in [1.29, 1.82) is 0 Å². The van der Waals surface area contributed by atoms with Crippen LogP contribution in [0.15, 0.2) is 28.3 Å². The highest BCUT2D eigenvalue weighted by atomic mass is 127. The summed E-state index contributed by atoms with van der Waals surface area (Å²) in [5, 5.41) is 0. The molecule has 0 bridgehead atoms. The van der Waals surface area contributed by atoms with Gasteiger partial charge in [-0.2, -0.15) is 0 Å². The van der Waals surface area contributed by atoms with Crippen LogP contribution in [0.2, 0.25) is 0 Å². The third-order valence-corrected chi connectivity index (χ3v) is 2.49. The molecule has 0 aliphatic rings. The van der Waals surface area contributed by atoms with Gasteiger partial charge in [0.1, 0.15) is 0 Å². The highest BCUT2D eigenvalue weighted by Crippen LogP contribution is 2.13. The largest absolute Gasteiger partial charge is 0.0616 e. The molecular formula is C8H6I2. The average molecular weight is 356 g/mol. The van der Waals surface area contributed by atoms with Crippen LogP contribution >= 0.6 is 45.2 Å². The lowest BCUT2D eigenvalue weighted by Gasteiger charge is -1.94. The zero-order chi connectivity index (χ0) is 7.40. The molecule has 0 spiro atoms. The maximum absolute atomic E-state index is 2.33. The van der Waals surface area contributed by atoms with E-state index in [0.29, 0.717) is 0 Å².